The number of nitrogens with zero attached hydrogens (tertiary/aromatic N) is 1. The second kappa shape index (κ2) is 21.4. The predicted octanol–water partition coefficient (Wildman–Crippen LogP) is 5.46. The lowest BCUT2D eigenvalue weighted by molar-refractivity contribution is -0.314. The fraction of sp³-hybridized carbons (Fsp3) is 0.796. The molecule has 3 saturated heterocycles. The van der Waals surface area contributed by atoms with E-state index in [2.05, 4.69) is 37.3 Å². The summed E-state index contributed by atoms with van der Waals surface area (Å²) in [6, 6.07) is 7.86. The van der Waals surface area contributed by atoms with E-state index in [4.69, 9.17) is 42.6 Å². The van der Waals surface area contributed by atoms with Crippen LogP contribution in [0.15, 0.2) is 35.9 Å². The summed E-state index contributed by atoms with van der Waals surface area (Å²) in [6.45, 7) is 8.57. The van der Waals surface area contributed by atoms with Gasteiger partial charge >= 0.3 is 5.97 Å². The Kier molecular flexibility index (Phi) is 16.5. The quantitative estimate of drug-likeness (QED) is 0.241. The van der Waals surface area contributed by atoms with Gasteiger partial charge in [0.1, 0.15) is 30.2 Å². The van der Waals surface area contributed by atoms with Crippen LogP contribution in [0.2, 0.25) is 0 Å². The number of hydrogen-bond donors (Lipinski definition) is 2. The smallest absolute Gasteiger partial charge is 0.306 e. The summed E-state index contributed by atoms with van der Waals surface area (Å²) >= 11 is 0. The van der Waals surface area contributed by atoms with Crippen molar-refractivity contribution in [2.24, 2.45) is 35.5 Å². The third-order valence-corrected chi connectivity index (χ3v) is 15.6. The van der Waals surface area contributed by atoms with Gasteiger partial charge < -0.3 is 58.0 Å². The Morgan fingerprint density at radius 3 is 2.21 bits per heavy atom. The summed E-state index contributed by atoms with van der Waals surface area (Å²) in [5, 5.41) is 16.5. The van der Waals surface area contributed by atoms with Crippen molar-refractivity contribution in [1.29, 1.82) is 0 Å². The average molecular weight is 885 g/mol. The number of nitrogens with one attached hydrogen (secondary N) is 1. The van der Waals surface area contributed by atoms with Crippen LogP contribution in [0.3, 0.4) is 0 Å². The highest BCUT2D eigenvalue weighted by molar-refractivity contribution is 5.99. The van der Waals surface area contributed by atoms with Crippen LogP contribution in [-0.2, 0) is 54.0 Å². The van der Waals surface area contributed by atoms with Gasteiger partial charge in [0.2, 0.25) is 0 Å². The third-order valence-electron chi connectivity index (χ3n) is 15.6. The van der Waals surface area contributed by atoms with Crippen molar-refractivity contribution in [2.75, 3.05) is 42.5 Å². The summed E-state index contributed by atoms with van der Waals surface area (Å²) in [7, 11) is 10.7. The molecule has 1 aromatic carbocycles. The summed E-state index contributed by atoms with van der Waals surface area (Å²) in [6.07, 6.45) is 3.46. The number of ketones is 1. The number of hydrogen-bond acceptors (Lipinski definition) is 14. The summed E-state index contributed by atoms with van der Waals surface area (Å²) in [5.74, 6) is -1.15. The van der Waals surface area contributed by atoms with Gasteiger partial charge in [0.15, 0.2) is 18.4 Å². The van der Waals surface area contributed by atoms with E-state index >= 15 is 4.79 Å². The highest BCUT2D eigenvalue weighted by Gasteiger charge is 2.59. The van der Waals surface area contributed by atoms with E-state index in [0.717, 1.165) is 30.6 Å². The molecule has 3 aliphatic heterocycles. The molecule has 5 unspecified atom stereocenters. The zero-order chi connectivity index (χ0) is 45.1. The molecule has 5 fully saturated rings. The molecule has 0 aromatic heterocycles. The first-order chi connectivity index (χ1) is 30.3. The SMILES string of the molecule is CC[C@H]1CCC[C@H](OC2CC[C@H](N(C)C)C(C)O2)[C@@H](C)C(=O)C2=C[C@H]3[C@@H]4C[C@H](O[C@@H]5OC(C)[C@H](OC)C(OC)C5OC)C[C@H]4[C@@H](NCc4ccc(OC)cc4)[C@@H](O)[C@H]3[C@@H]2CC(=O)O1. The van der Waals surface area contributed by atoms with Gasteiger partial charge in [0.05, 0.1) is 44.1 Å². The fourth-order valence-electron chi connectivity index (χ4n) is 12.3. The number of carbonyl (C=O) groups is 2. The minimum Gasteiger partial charge on any atom is -0.497 e. The van der Waals surface area contributed by atoms with Gasteiger partial charge in [-0.05, 0) is 120 Å². The Morgan fingerprint density at radius 1 is 0.841 bits per heavy atom. The molecule has 19 atom stereocenters. The predicted molar refractivity (Wildman–Crippen MR) is 235 cm³/mol. The molecule has 14 nitrogen and oxygen atoms in total. The summed E-state index contributed by atoms with van der Waals surface area (Å²) in [5.41, 5.74) is 1.66. The Bertz CT molecular complexity index is 1690. The minimum atomic E-state index is -0.871. The Balaban J connectivity index is 1.19. The maximum absolute atomic E-state index is 15.1. The molecule has 1 aromatic rings. The topological polar surface area (TPSA) is 153 Å². The standard InChI is InChI=1S/C49H76N2O12/c1-11-30-13-12-14-39(63-41-20-19-38(51(5)6)27(3)59-41)26(2)44(53)37-23-34-33-21-32(62-49-48(58-10)47(57-9)46(56-8)28(4)60-49)22-36(33)43(45(54)42(34)35(37)24-40(52)61-30)50-25-29-15-17-31(55-7)18-16-29/h15-18,23,26-28,30,32-36,38-39,41-43,45-50,54H,11-14,19-22,24-25H2,1-10H3/t26-,27?,28?,30+,32+,33+,34+,35-,36-,38+,39+,41?,42-,43-,45+,46+,47?,48?,49+/m1/s1. The van der Waals surface area contributed by atoms with Crippen LogP contribution in [0, 0.1) is 35.5 Å². The normalized spacial score (nSPS) is 42.3. The Hall–Kier alpha value is -2.50. The van der Waals surface area contributed by atoms with Crippen molar-refractivity contribution in [1.82, 2.24) is 10.2 Å². The van der Waals surface area contributed by atoms with E-state index in [1.807, 2.05) is 45.0 Å². The van der Waals surface area contributed by atoms with E-state index in [0.29, 0.717) is 50.3 Å². The molecule has 0 spiro atoms. The van der Waals surface area contributed by atoms with Gasteiger partial charge in [0, 0.05) is 57.7 Å². The van der Waals surface area contributed by atoms with E-state index in [-0.39, 0.29) is 78.6 Å². The number of allylic oxidation sites excluding steroid dienone is 2. The van der Waals surface area contributed by atoms with E-state index in [1.54, 1.807) is 28.4 Å². The van der Waals surface area contributed by atoms with Gasteiger partial charge in [-0.3, -0.25) is 9.59 Å². The Labute approximate surface area is 375 Å². The molecule has 14 heteroatoms. The molecule has 354 valence electrons. The van der Waals surface area contributed by atoms with Crippen molar-refractivity contribution in [3.8, 4) is 5.75 Å². The molecular weight excluding hydrogens is 809 g/mol. The number of likely N-dealkylation sites (N-methyl/N-ethyl adjacent to an activating group) is 1. The molecule has 2 saturated carbocycles. The molecular formula is C49H76N2O12. The highest BCUT2D eigenvalue weighted by Crippen LogP contribution is 2.57. The number of cyclic esters (lactones) is 1. The summed E-state index contributed by atoms with van der Waals surface area (Å²) < 4.78 is 55.7. The van der Waals surface area contributed by atoms with E-state index in [9.17, 15) is 9.90 Å². The zero-order valence-electron chi connectivity index (χ0n) is 39.3. The first-order valence-electron chi connectivity index (χ1n) is 23.7. The number of benzene rings is 1. The number of ether oxygens (including phenoxy) is 9. The molecule has 0 amide bonds. The molecule has 2 N–H and O–H groups in total. The van der Waals surface area contributed by atoms with E-state index in [1.165, 1.54) is 0 Å². The van der Waals surface area contributed by atoms with Crippen LogP contribution in [0.1, 0.15) is 91.0 Å². The van der Waals surface area contributed by atoms with Gasteiger partial charge in [-0.2, -0.15) is 0 Å². The number of aliphatic hydroxyl groups is 1. The van der Waals surface area contributed by atoms with Gasteiger partial charge in [0.25, 0.3) is 0 Å². The molecule has 6 aliphatic rings. The Morgan fingerprint density at radius 2 is 1.56 bits per heavy atom. The van der Waals surface area contributed by atoms with Crippen LogP contribution < -0.4 is 10.1 Å². The molecule has 63 heavy (non-hydrogen) atoms. The average Bonchev–Trinajstić information content (AvgIpc) is 3.86. The third kappa shape index (κ3) is 10.4. The second-order valence-corrected chi connectivity index (χ2v) is 19.4. The van der Waals surface area contributed by atoms with Gasteiger partial charge in [-0.15, -0.1) is 0 Å². The number of methoxy groups -OCH3 is 4. The van der Waals surface area contributed by atoms with Crippen LogP contribution in [-0.4, -0.2) is 144 Å². The van der Waals surface area contributed by atoms with Gasteiger partial charge in [-0.1, -0.05) is 32.1 Å². The minimum absolute atomic E-state index is 0.00810. The zero-order valence-corrected chi connectivity index (χ0v) is 39.3. The lowest BCUT2D eigenvalue weighted by Gasteiger charge is -2.47. The molecule has 7 rings (SSSR count). The second-order valence-electron chi connectivity index (χ2n) is 19.4. The van der Waals surface area contributed by atoms with Gasteiger partial charge in [-0.25, -0.2) is 0 Å². The number of carbonyl (C=O) groups excluding carboxylic acids is 2. The van der Waals surface area contributed by atoms with E-state index < -0.39 is 48.6 Å². The molecule has 0 radical (unpaired) electrons. The molecule has 3 aliphatic carbocycles. The maximum Gasteiger partial charge on any atom is 0.306 e. The monoisotopic (exact) mass is 885 g/mol. The maximum atomic E-state index is 15.1. The van der Waals surface area contributed by atoms with Crippen molar-refractivity contribution < 1.29 is 57.3 Å². The largest absolute Gasteiger partial charge is 0.497 e. The first kappa shape index (κ1) is 48.4. The van der Waals surface area contributed by atoms with Crippen LogP contribution in [0.5, 0.6) is 5.75 Å². The number of rotatable bonds is 13. The molecule has 3 heterocycles. The number of Topliss-reactive ketones (excluding diaryl/α,β-unsaturated/α-hetero) is 1. The fourth-order valence-corrected chi connectivity index (χ4v) is 12.3. The van der Waals surface area contributed by atoms with Crippen LogP contribution in [0.4, 0.5) is 0 Å². The van der Waals surface area contributed by atoms with Crippen molar-refractivity contribution in [2.45, 2.75) is 172 Å². The van der Waals surface area contributed by atoms with Crippen molar-refractivity contribution in [3.63, 3.8) is 0 Å². The lowest BCUT2D eigenvalue weighted by Crippen LogP contribution is -2.59. The van der Waals surface area contributed by atoms with Crippen molar-refractivity contribution >= 4 is 11.8 Å². The van der Waals surface area contributed by atoms with Crippen LogP contribution >= 0.6 is 0 Å². The number of aliphatic hydroxyl groups excluding tert-OH is 1. The lowest BCUT2D eigenvalue weighted by atomic mass is 9.62. The number of fused-ring (bicyclic) bond motifs is 5. The first-order valence-corrected chi connectivity index (χ1v) is 23.7. The van der Waals surface area contributed by atoms with Crippen molar-refractivity contribution in [3.05, 3.63) is 41.5 Å². The highest BCUT2D eigenvalue weighted by atomic mass is 16.7. The summed E-state index contributed by atoms with van der Waals surface area (Å²) in [4.78, 5) is 31.3. The number of esters is 1. The molecule has 0 bridgehead atoms. The van der Waals surface area contributed by atoms with Crippen LogP contribution in [0.25, 0.3) is 0 Å².